The molecule has 0 atom stereocenters. The molecule has 0 spiro atoms. The summed E-state index contributed by atoms with van der Waals surface area (Å²) in [5.41, 5.74) is 0. The topological polar surface area (TPSA) is 0 Å². The van der Waals surface area contributed by atoms with Crippen LogP contribution in [-0.4, -0.2) is 63.3 Å². The highest BCUT2D eigenvalue weighted by Gasteiger charge is 2.17. The minimum Gasteiger partial charge on any atom is -1.00 e. The van der Waals surface area contributed by atoms with Crippen molar-refractivity contribution >= 4 is 0 Å². The van der Waals surface area contributed by atoms with Gasteiger partial charge in [0.2, 0.25) is 0 Å². The number of hydrogen-bond donors (Lipinski definition) is 0. The summed E-state index contributed by atoms with van der Waals surface area (Å²) >= 11 is 0. The Bertz CT molecular complexity index is 142. The molecule has 0 heterocycles. The Hall–Kier alpha value is 0.880. The van der Waals surface area contributed by atoms with Crippen molar-refractivity contribution in [3.05, 3.63) is 0 Å². The number of rotatable bonds is 6. The second-order valence-electron chi connectivity index (χ2n) is 5.34. The van der Waals surface area contributed by atoms with Gasteiger partial charge in [-0.25, -0.2) is 0 Å². The molecule has 0 saturated carbocycles. The van der Waals surface area contributed by atoms with Crippen molar-refractivity contribution in [1.82, 2.24) is 0 Å². The zero-order valence-electron chi connectivity index (χ0n) is 11.2. The lowest BCUT2D eigenvalue weighted by molar-refractivity contribution is -0.914. The van der Waals surface area contributed by atoms with Crippen LogP contribution in [0.3, 0.4) is 0 Å². The Morgan fingerprint density at radius 1 is 0.632 bits per heavy atom. The van der Waals surface area contributed by atoms with E-state index >= 15 is 0 Å². The lowest BCUT2D eigenvalue weighted by Crippen LogP contribution is -3.00. The summed E-state index contributed by atoms with van der Waals surface area (Å²) in [6, 6.07) is 0. The standard InChI is InChI=1S/C11H28N2.4CH4.2BrH/c1-7-13(6,8-2)11-9-10-12(3,4)5;;;;;;/h7-11H2,1-6H3;4*1H4;2*1H/q+2;;;;;;/p-2. The van der Waals surface area contributed by atoms with Crippen LogP contribution < -0.4 is 34.0 Å². The normalized spacial score (nSPS) is 9.16. The van der Waals surface area contributed by atoms with Crippen molar-refractivity contribution in [2.24, 2.45) is 0 Å². The predicted octanol–water partition coefficient (Wildman–Crippen LogP) is -1.88. The van der Waals surface area contributed by atoms with Crippen molar-refractivity contribution < 1.29 is 42.9 Å². The molecule has 0 aliphatic heterocycles. The minimum absolute atomic E-state index is 0. The van der Waals surface area contributed by atoms with Gasteiger partial charge in [0.25, 0.3) is 0 Å². The zero-order chi connectivity index (χ0) is 10.5. The molecular weight excluding hydrogens is 368 g/mol. The SMILES string of the molecule is C.C.C.C.CC[N+](C)(CC)CCC[N+](C)(C)C.[Br-].[Br-]. The van der Waals surface area contributed by atoms with Crippen molar-refractivity contribution in [1.29, 1.82) is 0 Å². The molecule has 0 saturated heterocycles. The van der Waals surface area contributed by atoms with Crippen molar-refractivity contribution in [2.45, 2.75) is 50.0 Å². The molecule has 4 heteroatoms. The quantitative estimate of drug-likeness (QED) is 0.449. The largest absolute Gasteiger partial charge is 1.00 e. The van der Waals surface area contributed by atoms with Crippen molar-refractivity contribution in [2.75, 3.05) is 54.4 Å². The molecule has 19 heavy (non-hydrogen) atoms. The Morgan fingerprint density at radius 2 is 0.947 bits per heavy atom. The maximum atomic E-state index is 2.36. The molecule has 0 fully saturated rings. The van der Waals surface area contributed by atoms with Gasteiger partial charge in [0.05, 0.1) is 54.4 Å². The van der Waals surface area contributed by atoms with Gasteiger partial charge in [-0.1, -0.05) is 29.7 Å². The third-order valence-corrected chi connectivity index (χ3v) is 3.05. The molecular formula is C15H44Br2N2. The molecule has 0 aliphatic carbocycles. The zero-order valence-corrected chi connectivity index (χ0v) is 14.4. The average Bonchev–Trinajstić information content (AvgIpc) is 2.02. The number of halogens is 2. The molecule has 0 unspecified atom stereocenters. The Morgan fingerprint density at radius 3 is 1.16 bits per heavy atom. The van der Waals surface area contributed by atoms with Crippen molar-refractivity contribution in [3.8, 4) is 0 Å². The van der Waals surface area contributed by atoms with Gasteiger partial charge in [0.15, 0.2) is 0 Å². The third-order valence-electron chi connectivity index (χ3n) is 3.05. The first-order chi connectivity index (χ1) is 5.83. The summed E-state index contributed by atoms with van der Waals surface area (Å²) in [4.78, 5) is 0. The first-order valence-electron chi connectivity index (χ1n) is 5.47. The van der Waals surface area contributed by atoms with E-state index in [2.05, 4.69) is 42.0 Å². The smallest absolute Gasteiger partial charge is 0.0838 e. The molecule has 0 radical (unpaired) electrons. The summed E-state index contributed by atoms with van der Waals surface area (Å²) in [6.07, 6.45) is 1.34. The molecule has 0 aromatic carbocycles. The van der Waals surface area contributed by atoms with Crippen LogP contribution in [0.25, 0.3) is 0 Å². The van der Waals surface area contributed by atoms with Crippen LogP contribution >= 0.6 is 0 Å². The molecule has 0 N–H and O–H groups in total. The van der Waals surface area contributed by atoms with E-state index in [1.807, 2.05) is 0 Å². The molecule has 0 rings (SSSR count). The third kappa shape index (κ3) is 24.3. The van der Waals surface area contributed by atoms with Crippen LogP contribution in [0.4, 0.5) is 0 Å². The highest BCUT2D eigenvalue weighted by atomic mass is 79.9. The molecule has 128 valence electrons. The van der Waals surface area contributed by atoms with E-state index in [0.717, 1.165) is 4.48 Å². The summed E-state index contributed by atoms with van der Waals surface area (Å²) in [6.45, 7) is 9.70. The Balaban J connectivity index is -0.0000000480. The van der Waals surface area contributed by atoms with Crippen LogP contribution in [0.5, 0.6) is 0 Å². The highest BCUT2D eigenvalue weighted by Crippen LogP contribution is 2.04. The van der Waals surface area contributed by atoms with E-state index in [9.17, 15) is 0 Å². The van der Waals surface area contributed by atoms with E-state index < -0.39 is 0 Å². The van der Waals surface area contributed by atoms with E-state index in [1.54, 1.807) is 0 Å². The lowest BCUT2D eigenvalue weighted by Gasteiger charge is -2.33. The van der Waals surface area contributed by atoms with Crippen LogP contribution in [-0.2, 0) is 0 Å². The van der Waals surface area contributed by atoms with Gasteiger partial charge >= 0.3 is 0 Å². The van der Waals surface area contributed by atoms with E-state index in [1.165, 1.54) is 37.1 Å². The van der Waals surface area contributed by atoms with E-state index in [4.69, 9.17) is 0 Å². The summed E-state index contributed by atoms with van der Waals surface area (Å²) in [5, 5.41) is 0. The fraction of sp³-hybridized carbons (Fsp3) is 1.00. The minimum atomic E-state index is 0. The van der Waals surface area contributed by atoms with Crippen LogP contribution in [0.15, 0.2) is 0 Å². The second kappa shape index (κ2) is 18.9. The van der Waals surface area contributed by atoms with Gasteiger partial charge in [-0.2, -0.15) is 0 Å². The molecule has 0 amide bonds. The van der Waals surface area contributed by atoms with Gasteiger partial charge in [-0.05, 0) is 13.8 Å². The first-order valence-corrected chi connectivity index (χ1v) is 5.47. The fourth-order valence-electron chi connectivity index (χ4n) is 1.47. The molecule has 0 aromatic rings. The van der Waals surface area contributed by atoms with Crippen LogP contribution in [0.2, 0.25) is 0 Å². The summed E-state index contributed by atoms with van der Waals surface area (Å²) in [7, 11) is 9.16. The molecule has 0 aromatic heterocycles. The van der Waals surface area contributed by atoms with Gasteiger partial charge in [-0.3, -0.25) is 0 Å². The summed E-state index contributed by atoms with van der Waals surface area (Å²) < 4.78 is 2.31. The number of nitrogens with zero attached hydrogens (tertiary/aromatic N) is 2. The lowest BCUT2D eigenvalue weighted by atomic mass is 10.3. The molecule has 0 bridgehead atoms. The number of quaternary nitrogens is 2. The number of hydrogen-bond acceptors (Lipinski definition) is 0. The molecule has 0 aliphatic rings. The Labute approximate surface area is 147 Å². The van der Waals surface area contributed by atoms with E-state index in [-0.39, 0.29) is 63.7 Å². The fourth-order valence-corrected chi connectivity index (χ4v) is 1.47. The van der Waals surface area contributed by atoms with Gasteiger partial charge in [0, 0.05) is 6.42 Å². The maximum Gasteiger partial charge on any atom is 0.0838 e. The maximum absolute atomic E-state index is 2.36. The van der Waals surface area contributed by atoms with Gasteiger partial charge in [0.1, 0.15) is 0 Å². The summed E-state index contributed by atoms with van der Waals surface area (Å²) in [5.74, 6) is 0. The second-order valence-corrected chi connectivity index (χ2v) is 5.34. The van der Waals surface area contributed by atoms with E-state index in [0.29, 0.717) is 0 Å². The van der Waals surface area contributed by atoms with Crippen LogP contribution in [0.1, 0.15) is 50.0 Å². The van der Waals surface area contributed by atoms with Gasteiger partial charge < -0.3 is 42.9 Å². The predicted molar refractivity (Wildman–Crippen MR) is 86.6 cm³/mol. The van der Waals surface area contributed by atoms with Crippen molar-refractivity contribution in [3.63, 3.8) is 0 Å². The van der Waals surface area contributed by atoms with Crippen LogP contribution in [0, 0.1) is 0 Å². The average molecular weight is 412 g/mol. The monoisotopic (exact) mass is 410 g/mol. The first kappa shape index (κ1) is 42.7. The Kier molecular flexibility index (Phi) is 42.4. The van der Waals surface area contributed by atoms with Gasteiger partial charge in [-0.15, -0.1) is 0 Å². The molecule has 2 nitrogen and oxygen atoms in total. The highest BCUT2D eigenvalue weighted by molar-refractivity contribution is 4.37.